The highest BCUT2D eigenvalue weighted by Crippen LogP contribution is 2.23. The lowest BCUT2D eigenvalue weighted by Gasteiger charge is -2.36. The summed E-state index contributed by atoms with van der Waals surface area (Å²) in [4.78, 5) is 2.66. The van der Waals surface area contributed by atoms with Gasteiger partial charge in [-0.1, -0.05) is 26.7 Å². The molecule has 0 aromatic heterocycles. The molecule has 1 rings (SSSR count). The van der Waals surface area contributed by atoms with Gasteiger partial charge in [0, 0.05) is 18.6 Å². The third-order valence-electron chi connectivity index (χ3n) is 4.31. The first-order chi connectivity index (χ1) is 9.44. The third-order valence-corrected chi connectivity index (χ3v) is 4.31. The van der Waals surface area contributed by atoms with Gasteiger partial charge in [0.1, 0.15) is 0 Å². The van der Waals surface area contributed by atoms with Crippen molar-refractivity contribution in [2.75, 3.05) is 19.6 Å². The normalized spacial score (nSPS) is 21.1. The molecule has 20 heavy (non-hydrogen) atoms. The third kappa shape index (κ3) is 6.72. The van der Waals surface area contributed by atoms with Crippen LogP contribution in [0.2, 0.25) is 0 Å². The summed E-state index contributed by atoms with van der Waals surface area (Å²) in [5.74, 6) is 0. The summed E-state index contributed by atoms with van der Waals surface area (Å²) in [6.45, 7) is 12.1. The quantitative estimate of drug-likeness (QED) is 0.691. The number of likely N-dealkylation sites (tertiary alicyclic amines) is 1. The molecule has 0 saturated carbocycles. The fourth-order valence-corrected chi connectivity index (χ4v) is 2.90. The number of unbranched alkanes of at least 4 members (excludes halogenated alkanes) is 1. The summed E-state index contributed by atoms with van der Waals surface area (Å²) in [6.07, 6.45) is 7.48. The molecule has 0 spiro atoms. The zero-order valence-corrected chi connectivity index (χ0v) is 13.9. The SMILES string of the molecule is CC(C)NCC1CCCCN1CCCCC(C)(C)C#N. The fraction of sp³-hybridized carbons (Fsp3) is 0.941. The van der Waals surface area contributed by atoms with E-state index in [1.807, 2.05) is 13.8 Å². The topological polar surface area (TPSA) is 39.1 Å². The average Bonchev–Trinajstić information content (AvgIpc) is 2.42. The maximum absolute atomic E-state index is 9.04. The highest BCUT2D eigenvalue weighted by molar-refractivity contribution is 4.91. The summed E-state index contributed by atoms with van der Waals surface area (Å²) in [7, 11) is 0. The van der Waals surface area contributed by atoms with E-state index in [4.69, 9.17) is 5.26 Å². The van der Waals surface area contributed by atoms with Gasteiger partial charge in [-0.3, -0.25) is 4.90 Å². The van der Waals surface area contributed by atoms with Crippen LogP contribution in [0.3, 0.4) is 0 Å². The molecule has 1 fully saturated rings. The van der Waals surface area contributed by atoms with Gasteiger partial charge < -0.3 is 5.32 Å². The van der Waals surface area contributed by atoms with E-state index in [2.05, 4.69) is 30.1 Å². The van der Waals surface area contributed by atoms with Gasteiger partial charge in [0.25, 0.3) is 0 Å². The van der Waals surface area contributed by atoms with Crippen LogP contribution in [0.1, 0.15) is 66.2 Å². The Labute approximate surface area is 125 Å². The maximum Gasteiger partial charge on any atom is 0.0683 e. The highest BCUT2D eigenvalue weighted by atomic mass is 15.2. The molecule has 0 aromatic carbocycles. The van der Waals surface area contributed by atoms with Crippen molar-refractivity contribution in [3.8, 4) is 6.07 Å². The van der Waals surface area contributed by atoms with Crippen molar-refractivity contribution >= 4 is 0 Å². The number of nitrogens with one attached hydrogen (secondary N) is 1. The van der Waals surface area contributed by atoms with E-state index in [0.29, 0.717) is 6.04 Å². The molecule has 1 aliphatic rings. The Morgan fingerprint density at radius 1 is 1.30 bits per heavy atom. The number of hydrogen-bond acceptors (Lipinski definition) is 3. The fourth-order valence-electron chi connectivity index (χ4n) is 2.90. The van der Waals surface area contributed by atoms with Crippen LogP contribution in [-0.2, 0) is 0 Å². The summed E-state index contributed by atoms with van der Waals surface area (Å²) in [5, 5.41) is 12.6. The molecule has 1 atom stereocenters. The van der Waals surface area contributed by atoms with E-state index in [1.165, 1.54) is 45.2 Å². The minimum atomic E-state index is -0.152. The molecule has 0 bridgehead atoms. The second-order valence-corrected chi connectivity index (χ2v) is 7.20. The van der Waals surface area contributed by atoms with Crippen LogP contribution < -0.4 is 5.32 Å². The summed E-state index contributed by atoms with van der Waals surface area (Å²) >= 11 is 0. The number of hydrogen-bond donors (Lipinski definition) is 1. The molecule has 0 amide bonds. The largest absolute Gasteiger partial charge is 0.313 e. The molecule has 1 aliphatic heterocycles. The smallest absolute Gasteiger partial charge is 0.0683 e. The van der Waals surface area contributed by atoms with Gasteiger partial charge in [-0.25, -0.2) is 0 Å². The monoisotopic (exact) mass is 279 g/mol. The molecule has 1 saturated heterocycles. The molecule has 0 aromatic rings. The predicted octanol–water partition coefficient (Wildman–Crippen LogP) is 3.56. The molecule has 3 heteroatoms. The maximum atomic E-state index is 9.04. The van der Waals surface area contributed by atoms with Crippen molar-refractivity contribution in [2.24, 2.45) is 5.41 Å². The van der Waals surface area contributed by atoms with Crippen LogP contribution in [0.5, 0.6) is 0 Å². The van der Waals surface area contributed by atoms with Crippen LogP contribution in [0.25, 0.3) is 0 Å². The zero-order chi connectivity index (χ0) is 15.0. The van der Waals surface area contributed by atoms with Gasteiger partial charge in [0.15, 0.2) is 0 Å². The van der Waals surface area contributed by atoms with E-state index in [0.717, 1.165) is 19.0 Å². The summed E-state index contributed by atoms with van der Waals surface area (Å²) in [6, 6.07) is 3.69. The van der Waals surface area contributed by atoms with Crippen molar-refractivity contribution in [3.05, 3.63) is 0 Å². The van der Waals surface area contributed by atoms with Gasteiger partial charge in [0.05, 0.1) is 11.5 Å². The zero-order valence-electron chi connectivity index (χ0n) is 13.9. The minimum Gasteiger partial charge on any atom is -0.313 e. The number of piperidine rings is 1. The van der Waals surface area contributed by atoms with E-state index >= 15 is 0 Å². The van der Waals surface area contributed by atoms with Crippen molar-refractivity contribution in [3.63, 3.8) is 0 Å². The van der Waals surface area contributed by atoms with E-state index in [9.17, 15) is 0 Å². The van der Waals surface area contributed by atoms with Crippen LogP contribution in [0.15, 0.2) is 0 Å². The Bertz CT molecular complexity index is 304. The summed E-state index contributed by atoms with van der Waals surface area (Å²) < 4.78 is 0. The van der Waals surface area contributed by atoms with E-state index in [1.54, 1.807) is 0 Å². The first-order valence-corrected chi connectivity index (χ1v) is 8.33. The molecule has 1 N–H and O–H groups in total. The van der Waals surface area contributed by atoms with Crippen LogP contribution in [0.4, 0.5) is 0 Å². The second kappa shape index (κ2) is 8.64. The Kier molecular flexibility index (Phi) is 7.55. The van der Waals surface area contributed by atoms with Gasteiger partial charge in [-0.15, -0.1) is 0 Å². The summed E-state index contributed by atoms with van der Waals surface area (Å²) in [5.41, 5.74) is -0.152. The van der Waals surface area contributed by atoms with Crippen molar-refractivity contribution in [1.82, 2.24) is 10.2 Å². The predicted molar refractivity (Wildman–Crippen MR) is 85.6 cm³/mol. The first-order valence-electron chi connectivity index (χ1n) is 8.33. The van der Waals surface area contributed by atoms with Crippen LogP contribution in [0, 0.1) is 16.7 Å². The van der Waals surface area contributed by atoms with Crippen molar-refractivity contribution in [2.45, 2.75) is 78.3 Å². The van der Waals surface area contributed by atoms with Crippen LogP contribution in [-0.4, -0.2) is 36.6 Å². The Hall–Kier alpha value is -0.590. The van der Waals surface area contributed by atoms with Gasteiger partial charge >= 0.3 is 0 Å². The standard InChI is InChI=1S/C17H33N3/c1-15(2)19-13-16-9-5-7-11-20(16)12-8-6-10-17(3,4)14-18/h15-16,19H,5-13H2,1-4H3. The molecule has 0 radical (unpaired) electrons. The van der Waals surface area contributed by atoms with Gasteiger partial charge in [-0.05, 0) is 52.6 Å². The molecule has 3 nitrogen and oxygen atoms in total. The molecule has 0 aliphatic carbocycles. The van der Waals surface area contributed by atoms with Crippen molar-refractivity contribution < 1.29 is 0 Å². The number of nitrogens with zero attached hydrogens (tertiary/aromatic N) is 2. The molecule has 1 heterocycles. The van der Waals surface area contributed by atoms with Crippen LogP contribution >= 0.6 is 0 Å². The number of nitriles is 1. The average molecular weight is 279 g/mol. The lowest BCUT2D eigenvalue weighted by Crippen LogP contribution is -2.47. The Balaban J connectivity index is 2.27. The Morgan fingerprint density at radius 2 is 2.05 bits per heavy atom. The second-order valence-electron chi connectivity index (χ2n) is 7.20. The Morgan fingerprint density at radius 3 is 2.70 bits per heavy atom. The molecule has 1 unspecified atom stereocenters. The van der Waals surface area contributed by atoms with Gasteiger partial charge in [-0.2, -0.15) is 5.26 Å². The molecule has 116 valence electrons. The van der Waals surface area contributed by atoms with Gasteiger partial charge in [0.2, 0.25) is 0 Å². The highest BCUT2D eigenvalue weighted by Gasteiger charge is 2.22. The lowest BCUT2D eigenvalue weighted by molar-refractivity contribution is 0.140. The first kappa shape index (κ1) is 17.5. The molecular weight excluding hydrogens is 246 g/mol. The van der Waals surface area contributed by atoms with Crippen molar-refractivity contribution in [1.29, 1.82) is 5.26 Å². The van der Waals surface area contributed by atoms with E-state index < -0.39 is 0 Å². The van der Waals surface area contributed by atoms with E-state index in [-0.39, 0.29) is 5.41 Å². The lowest BCUT2D eigenvalue weighted by atomic mass is 9.89. The number of rotatable bonds is 8. The molecular formula is C17H33N3. The minimum absolute atomic E-state index is 0.152.